The zero-order valence-corrected chi connectivity index (χ0v) is 13.8. The summed E-state index contributed by atoms with van der Waals surface area (Å²) in [5.74, 6) is -1.13. The highest BCUT2D eigenvalue weighted by molar-refractivity contribution is 8.18. The molecule has 3 rings (SSSR count). The highest BCUT2D eigenvalue weighted by Gasteiger charge is 2.31. The summed E-state index contributed by atoms with van der Waals surface area (Å²) in [6.07, 6.45) is 2.47. The molecule has 0 unspecified atom stereocenters. The van der Waals surface area contributed by atoms with Gasteiger partial charge in [0.25, 0.3) is 17.0 Å². The van der Waals surface area contributed by atoms with E-state index in [0.29, 0.717) is 16.2 Å². The van der Waals surface area contributed by atoms with Gasteiger partial charge in [0.2, 0.25) is 11.1 Å². The number of ether oxygens (including phenoxy) is 1. The van der Waals surface area contributed by atoms with Crippen LogP contribution in [0.5, 0.6) is 11.6 Å². The minimum absolute atomic E-state index is 0.140. The SMILES string of the molecule is CN1C(=O)S/C(=C/c2cccc(Oc3nc(Cl)ncc3F)c2)C1=O. The van der Waals surface area contributed by atoms with Crippen LogP contribution in [0.15, 0.2) is 35.4 Å². The minimum Gasteiger partial charge on any atom is -0.436 e. The van der Waals surface area contributed by atoms with Crippen LogP contribution in [0, 0.1) is 5.82 Å². The van der Waals surface area contributed by atoms with E-state index < -0.39 is 5.82 Å². The average Bonchev–Trinajstić information content (AvgIpc) is 2.78. The lowest BCUT2D eigenvalue weighted by molar-refractivity contribution is -0.121. The van der Waals surface area contributed by atoms with Crippen LogP contribution in [0.2, 0.25) is 5.28 Å². The molecule has 1 aliphatic rings. The van der Waals surface area contributed by atoms with Crippen molar-refractivity contribution in [3.8, 4) is 11.6 Å². The highest BCUT2D eigenvalue weighted by Crippen LogP contribution is 2.32. The summed E-state index contributed by atoms with van der Waals surface area (Å²) in [4.78, 5) is 31.9. The Morgan fingerprint density at radius 3 is 2.88 bits per heavy atom. The molecule has 0 N–H and O–H groups in total. The maximum Gasteiger partial charge on any atom is 0.293 e. The van der Waals surface area contributed by atoms with Gasteiger partial charge in [0, 0.05) is 7.05 Å². The molecule has 1 saturated heterocycles. The number of halogens is 2. The van der Waals surface area contributed by atoms with E-state index in [4.69, 9.17) is 16.3 Å². The Hall–Kier alpha value is -2.45. The Labute approximate surface area is 145 Å². The lowest BCUT2D eigenvalue weighted by atomic mass is 10.2. The van der Waals surface area contributed by atoms with Crippen molar-refractivity contribution in [3.63, 3.8) is 0 Å². The first kappa shape index (κ1) is 16.4. The number of likely N-dealkylation sites (N-methyl/N-ethyl adjacent to an activating group) is 1. The number of imide groups is 1. The number of carbonyl (C=O) groups is 2. The van der Waals surface area contributed by atoms with E-state index in [2.05, 4.69) is 9.97 Å². The molecule has 0 spiro atoms. The van der Waals surface area contributed by atoms with E-state index in [1.165, 1.54) is 7.05 Å². The summed E-state index contributed by atoms with van der Waals surface area (Å²) in [5.41, 5.74) is 0.618. The average molecular weight is 366 g/mol. The Balaban J connectivity index is 1.86. The first-order chi connectivity index (χ1) is 11.4. The van der Waals surface area contributed by atoms with Gasteiger partial charge in [0.1, 0.15) is 5.75 Å². The molecule has 0 saturated carbocycles. The first-order valence-electron chi connectivity index (χ1n) is 6.61. The van der Waals surface area contributed by atoms with E-state index in [-0.39, 0.29) is 22.3 Å². The number of aromatic nitrogens is 2. The molecule has 6 nitrogen and oxygen atoms in total. The molecule has 0 atom stereocenters. The number of hydrogen-bond acceptors (Lipinski definition) is 6. The van der Waals surface area contributed by atoms with Crippen LogP contribution in [0.3, 0.4) is 0 Å². The van der Waals surface area contributed by atoms with Crippen molar-refractivity contribution in [2.45, 2.75) is 0 Å². The van der Waals surface area contributed by atoms with Crippen LogP contribution in [0.1, 0.15) is 5.56 Å². The Kier molecular flexibility index (Phi) is 4.50. The second-order valence-electron chi connectivity index (χ2n) is 4.71. The zero-order chi connectivity index (χ0) is 17.3. The molecular formula is C15H9ClFN3O3S. The van der Waals surface area contributed by atoms with E-state index >= 15 is 0 Å². The molecular weight excluding hydrogens is 357 g/mol. The van der Waals surface area contributed by atoms with Crippen LogP contribution < -0.4 is 4.74 Å². The molecule has 1 aromatic carbocycles. The number of thioether (sulfide) groups is 1. The molecule has 1 aliphatic heterocycles. The van der Waals surface area contributed by atoms with E-state index in [1.807, 2.05) is 0 Å². The fourth-order valence-electron chi connectivity index (χ4n) is 1.88. The fraction of sp³-hybridized carbons (Fsp3) is 0.0667. The predicted octanol–water partition coefficient (Wildman–Crippen LogP) is 3.73. The molecule has 0 radical (unpaired) electrons. The number of carbonyl (C=O) groups excluding carboxylic acids is 2. The second-order valence-corrected chi connectivity index (χ2v) is 6.04. The lowest BCUT2D eigenvalue weighted by Crippen LogP contribution is -2.22. The third kappa shape index (κ3) is 3.39. The van der Waals surface area contributed by atoms with E-state index in [1.54, 1.807) is 30.3 Å². The number of hydrogen-bond donors (Lipinski definition) is 0. The van der Waals surface area contributed by atoms with Crippen molar-refractivity contribution in [2.24, 2.45) is 0 Å². The maximum absolute atomic E-state index is 13.6. The zero-order valence-electron chi connectivity index (χ0n) is 12.2. The molecule has 122 valence electrons. The smallest absolute Gasteiger partial charge is 0.293 e. The topological polar surface area (TPSA) is 72.4 Å². The predicted molar refractivity (Wildman–Crippen MR) is 87.3 cm³/mol. The van der Waals surface area contributed by atoms with Gasteiger partial charge >= 0.3 is 0 Å². The second kappa shape index (κ2) is 6.58. The number of benzene rings is 1. The summed E-state index contributed by atoms with van der Waals surface area (Å²) in [6.45, 7) is 0. The highest BCUT2D eigenvalue weighted by atomic mass is 35.5. The summed E-state index contributed by atoms with van der Waals surface area (Å²) in [6, 6.07) is 6.56. The van der Waals surface area contributed by atoms with Gasteiger partial charge in [-0.3, -0.25) is 14.5 Å². The lowest BCUT2D eigenvalue weighted by Gasteiger charge is -2.06. The van der Waals surface area contributed by atoms with Gasteiger partial charge in [0.05, 0.1) is 11.1 Å². The van der Waals surface area contributed by atoms with Crippen molar-refractivity contribution in [1.82, 2.24) is 14.9 Å². The standard InChI is InChI=1S/C15H9ClFN3O3S/c1-20-13(21)11(24-15(20)22)6-8-3-2-4-9(5-8)23-12-10(17)7-18-14(16)19-12/h2-7H,1H3/b11-6+. The summed E-state index contributed by atoms with van der Waals surface area (Å²) in [5, 5.41) is -0.476. The molecule has 2 aromatic rings. The fourth-order valence-corrected chi connectivity index (χ4v) is 2.83. The molecule has 0 aliphatic carbocycles. The summed E-state index contributed by atoms with van der Waals surface area (Å²) >= 11 is 6.47. The number of amides is 2. The Bertz CT molecular complexity index is 875. The molecule has 2 heterocycles. The van der Waals surface area contributed by atoms with Gasteiger partial charge in [-0.1, -0.05) is 12.1 Å². The van der Waals surface area contributed by atoms with Crippen molar-refractivity contribution in [1.29, 1.82) is 0 Å². The quantitative estimate of drug-likeness (QED) is 0.609. The molecule has 1 aromatic heterocycles. The molecule has 24 heavy (non-hydrogen) atoms. The van der Waals surface area contributed by atoms with Crippen LogP contribution in [-0.4, -0.2) is 33.1 Å². The van der Waals surface area contributed by atoms with Gasteiger partial charge in [-0.25, -0.2) is 4.98 Å². The number of rotatable bonds is 3. The third-order valence-electron chi connectivity index (χ3n) is 3.04. The van der Waals surface area contributed by atoms with Gasteiger partial charge in [0.15, 0.2) is 0 Å². The molecule has 2 amide bonds. The summed E-state index contributed by atoms with van der Waals surface area (Å²) < 4.78 is 19.0. The Morgan fingerprint density at radius 1 is 1.38 bits per heavy atom. The van der Waals surface area contributed by atoms with Crippen LogP contribution in [-0.2, 0) is 4.79 Å². The largest absolute Gasteiger partial charge is 0.436 e. The molecule has 9 heteroatoms. The van der Waals surface area contributed by atoms with Crippen LogP contribution >= 0.6 is 23.4 Å². The molecule has 0 bridgehead atoms. The Morgan fingerprint density at radius 2 is 2.17 bits per heavy atom. The van der Waals surface area contributed by atoms with E-state index in [0.717, 1.165) is 22.9 Å². The van der Waals surface area contributed by atoms with Crippen molar-refractivity contribution >= 4 is 40.6 Å². The van der Waals surface area contributed by atoms with Gasteiger partial charge in [-0.2, -0.15) is 9.37 Å². The maximum atomic E-state index is 13.6. The van der Waals surface area contributed by atoms with Crippen molar-refractivity contribution < 1.29 is 18.7 Å². The minimum atomic E-state index is -0.753. The first-order valence-corrected chi connectivity index (χ1v) is 7.81. The normalized spacial score (nSPS) is 16.1. The third-order valence-corrected chi connectivity index (χ3v) is 4.18. The van der Waals surface area contributed by atoms with Crippen LogP contribution in [0.4, 0.5) is 9.18 Å². The summed E-state index contributed by atoms with van der Waals surface area (Å²) in [7, 11) is 1.42. The van der Waals surface area contributed by atoms with Crippen molar-refractivity contribution in [2.75, 3.05) is 7.05 Å². The van der Waals surface area contributed by atoms with Gasteiger partial charge < -0.3 is 4.74 Å². The van der Waals surface area contributed by atoms with Gasteiger partial charge in [-0.05, 0) is 47.1 Å². The monoisotopic (exact) mass is 365 g/mol. The van der Waals surface area contributed by atoms with Crippen LogP contribution in [0.25, 0.3) is 6.08 Å². The van der Waals surface area contributed by atoms with Gasteiger partial charge in [-0.15, -0.1) is 0 Å². The number of nitrogens with zero attached hydrogens (tertiary/aromatic N) is 3. The van der Waals surface area contributed by atoms with E-state index in [9.17, 15) is 14.0 Å². The van der Waals surface area contributed by atoms with Crippen molar-refractivity contribution in [3.05, 3.63) is 52.0 Å². The molecule has 1 fully saturated rings.